The van der Waals surface area contributed by atoms with Crippen molar-refractivity contribution in [2.45, 2.75) is 19.4 Å². The van der Waals surface area contributed by atoms with Gasteiger partial charge in [0.2, 0.25) is 0 Å². The summed E-state index contributed by atoms with van der Waals surface area (Å²) in [5.41, 5.74) is 1.82. The van der Waals surface area contributed by atoms with Gasteiger partial charge in [-0.3, -0.25) is 4.79 Å². The van der Waals surface area contributed by atoms with Crippen LogP contribution in [0.25, 0.3) is 6.08 Å². The molecule has 1 aliphatic heterocycles. The van der Waals surface area contributed by atoms with Crippen molar-refractivity contribution in [3.63, 3.8) is 0 Å². The third kappa shape index (κ3) is 2.75. The summed E-state index contributed by atoms with van der Waals surface area (Å²) < 4.78 is 6.02. The standard InChI is InChI=1S/C19H18O2/c1-2-16(19(20)15-9-4-3-5-10-15)18-13-12-14-8-6-7-11-17(14)21-18/h3-13,16,18H,2H2,1H3. The fourth-order valence-corrected chi connectivity index (χ4v) is 2.71. The molecule has 0 spiro atoms. The minimum atomic E-state index is -0.197. The lowest BCUT2D eigenvalue weighted by atomic mass is 9.88. The Morgan fingerprint density at radius 2 is 1.81 bits per heavy atom. The molecule has 21 heavy (non-hydrogen) atoms. The maximum atomic E-state index is 12.7. The monoisotopic (exact) mass is 278 g/mol. The van der Waals surface area contributed by atoms with Crippen molar-refractivity contribution < 1.29 is 9.53 Å². The van der Waals surface area contributed by atoms with Crippen LogP contribution in [0.5, 0.6) is 5.75 Å². The molecule has 0 amide bonds. The Kier molecular flexibility index (Phi) is 3.87. The molecule has 2 aromatic rings. The number of carbonyl (C=O) groups is 1. The molecule has 1 aliphatic rings. The number of rotatable bonds is 4. The quantitative estimate of drug-likeness (QED) is 0.776. The first-order valence-electron chi connectivity index (χ1n) is 7.32. The van der Waals surface area contributed by atoms with Crippen molar-refractivity contribution in [3.05, 3.63) is 71.8 Å². The normalized spacial score (nSPS) is 17.7. The highest BCUT2D eigenvalue weighted by Crippen LogP contribution is 2.30. The van der Waals surface area contributed by atoms with Crippen molar-refractivity contribution in [3.8, 4) is 5.75 Å². The first-order chi connectivity index (χ1) is 10.3. The number of Topliss-reactive ketones (excluding diaryl/α,β-unsaturated/α-hetero) is 1. The van der Waals surface area contributed by atoms with Gasteiger partial charge in [0.1, 0.15) is 11.9 Å². The van der Waals surface area contributed by atoms with E-state index in [0.717, 1.165) is 23.3 Å². The largest absolute Gasteiger partial charge is 0.485 e. The van der Waals surface area contributed by atoms with Crippen LogP contribution in [0.1, 0.15) is 29.3 Å². The molecule has 0 saturated carbocycles. The topological polar surface area (TPSA) is 26.3 Å². The Hall–Kier alpha value is -2.35. The van der Waals surface area contributed by atoms with Gasteiger partial charge in [0, 0.05) is 11.1 Å². The van der Waals surface area contributed by atoms with Crippen molar-refractivity contribution in [2.24, 2.45) is 5.92 Å². The minimum absolute atomic E-state index is 0.145. The van der Waals surface area contributed by atoms with E-state index in [1.807, 2.05) is 73.7 Å². The van der Waals surface area contributed by atoms with Gasteiger partial charge in [0.05, 0.1) is 5.92 Å². The van der Waals surface area contributed by atoms with Crippen LogP contribution in [0.2, 0.25) is 0 Å². The van der Waals surface area contributed by atoms with Crippen molar-refractivity contribution >= 4 is 11.9 Å². The molecule has 0 aliphatic carbocycles. The summed E-state index contributed by atoms with van der Waals surface area (Å²) in [6, 6.07) is 17.4. The molecule has 0 saturated heterocycles. The summed E-state index contributed by atoms with van der Waals surface area (Å²) >= 11 is 0. The van der Waals surface area contributed by atoms with Gasteiger partial charge in [-0.25, -0.2) is 0 Å². The second-order valence-corrected chi connectivity index (χ2v) is 5.22. The minimum Gasteiger partial charge on any atom is -0.485 e. The van der Waals surface area contributed by atoms with Crippen LogP contribution in [-0.4, -0.2) is 11.9 Å². The SMILES string of the molecule is CCC(C(=O)c1ccccc1)C1C=Cc2ccccc2O1. The van der Waals surface area contributed by atoms with Gasteiger partial charge < -0.3 is 4.74 Å². The lowest BCUT2D eigenvalue weighted by Crippen LogP contribution is -2.32. The third-order valence-electron chi connectivity index (χ3n) is 3.88. The van der Waals surface area contributed by atoms with Crippen LogP contribution in [0.15, 0.2) is 60.7 Å². The molecule has 0 bridgehead atoms. The first-order valence-corrected chi connectivity index (χ1v) is 7.32. The number of ether oxygens (including phenoxy) is 1. The van der Waals surface area contributed by atoms with E-state index in [2.05, 4.69) is 0 Å². The zero-order chi connectivity index (χ0) is 14.7. The highest BCUT2D eigenvalue weighted by molar-refractivity contribution is 5.98. The lowest BCUT2D eigenvalue weighted by molar-refractivity contribution is 0.0803. The molecule has 2 nitrogen and oxygen atoms in total. The summed E-state index contributed by atoms with van der Waals surface area (Å²) in [6.45, 7) is 2.03. The Morgan fingerprint density at radius 3 is 2.57 bits per heavy atom. The number of hydrogen-bond donors (Lipinski definition) is 0. The molecule has 0 radical (unpaired) electrons. The molecule has 2 atom stereocenters. The van der Waals surface area contributed by atoms with E-state index in [1.54, 1.807) is 0 Å². The summed E-state index contributed by atoms with van der Waals surface area (Å²) in [5, 5.41) is 0. The van der Waals surface area contributed by atoms with Crippen molar-refractivity contribution in [1.82, 2.24) is 0 Å². The third-order valence-corrected chi connectivity index (χ3v) is 3.88. The molecule has 2 heteroatoms. The maximum absolute atomic E-state index is 12.7. The van der Waals surface area contributed by atoms with Gasteiger partial charge in [-0.05, 0) is 18.6 Å². The fourth-order valence-electron chi connectivity index (χ4n) is 2.71. The van der Waals surface area contributed by atoms with Gasteiger partial charge in [-0.2, -0.15) is 0 Å². The Balaban J connectivity index is 1.84. The molecule has 2 aromatic carbocycles. The molecule has 2 unspecified atom stereocenters. The van der Waals surface area contributed by atoms with Crippen LogP contribution in [0, 0.1) is 5.92 Å². The average Bonchev–Trinajstić information content (AvgIpc) is 2.56. The summed E-state index contributed by atoms with van der Waals surface area (Å²) in [5.74, 6) is 0.841. The van der Waals surface area contributed by atoms with Crippen molar-refractivity contribution in [1.29, 1.82) is 0 Å². The van der Waals surface area contributed by atoms with E-state index in [0.29, 0.717) is 0 Å². The van der Waals surface area contributed by atoms with Gasteiger partial charge in [0.15, 0.2) is 5.78 Å². The van der Waals surface area contributed by atoms with Crippen molar-refractivity contribution in [2.75, 3.05) is 0 Å². The second-order valence-electron chi connectivity index (χ2n) is 5.22. The van der Waals surface area contributed by atoms with Gasteiger partial charge >= 0.3 is 0 Å². The van der Waals surface area contributed by atoms with E-state index in [-0.39, 0.29) is 17.8 Å². The molecule has 0 fully saturated rings. The fraction of sp³-hybridized carbons (Fsp3) is 0.211. The number of ketones is 1. The predicted molar refractivity (Wildman–Crippen MR) is 84.4 cm³/mol. The Labute approximate surface area is 125 Å². The van der Waals surface area contributed by atoms with E-state index < -0.39 is 0 Å². The van der Waals surface area contributed by atoms with Gasteiger partial charge in [0.25, 0.3) is 0 Å². The van der Waals surface area contributed by atoms with E-state index in [4.69, 9.17) is 4.74 Å². The Bertz CT molecular complexity index is 658. The molecule has 0 N–H and O–H groups in total. The molecular formula is C19H18O2. The zero-order valence-electron chi connectivity index (χ0n) is 12.0. The number of benzene rings is 2. The first kappa shape index (κ1) is 13.6. The molecule has 3 rings (SSSR count). The lowest BCUT2D eigenvalue weighted by Gasteiger charge is -2.27. The van der Waals surface area contributed by atoms with E-state index in [1.165, 1.54) is 0 Å². The summed E-state index contributed by atoms with van der Waals surface area (Å²) in [6.07, 6.45) is 4.60. The number of hydrogen-bond acceptors (Lipinski definition) is 2. The number of carbonyl (C=O) groups excluding carboxylic acids is 1. The van der Waals surface area contributed by atoms with E-state index in [9.17, 15) is 4.79 Å². The average molecular weight is 278 g/mol. The number of para-hydroxylation sites is 1. The van der Waals surface area contributed by atoms with Gasteiger partial charge in [-0.15, -0.1) is 0 Å². The maximum Gasteiger partial charge on any atom is 0.169 e. The van der Waals surface area contributed by atoms with Crippen LogP contribution < -0.4 is 4.74 Å². The van der Waals surface area contributed by atoms with Crippen LogP contribution in [0.3, 0.4) is 0 Å². The predicted octanol–water partition coefficient (Wildman–Crippen LogP) is 4.37. The summed E-state index contributed by atoms with van der Waals surface area (Å²) in [7, 11) is 0. The van der Waals surface area contributed by atoms with E-state index >= 15 is 0 Å². The molecular weight excluding hydrogens is 260 g/mol. The molecule has 1 heterocycles. The van der Waals surface area contributed by atoms with Crippen LogP contribution >= 0.6 is 0 Å². The molecule has 0 aromatic heterocycles. The van der Waals surface area contributed by atoms with Crippen LogP contribution in [0.4, 0.5) is 0 Å². The highest BCUT2D eigenvalue weighted by atomic mass is 16.5. The Morgan fingerprint density at radius 1 is 1.10 bits per heavy atom. The van der Waals surface area contributed by atoms with Gasteiger partial charge in [-0.1, -0.05) is 61.5 Å². The summed E-state index contributed by atoms with van der Waals surface area (Å²) in [4.78, 5) is 12.7. The molecule has 106 valence electrons. The van der Waals surface area contributed by atoms with Crippen LogP contribution in [-0.2, 0) is 0 Å². The smallest absolute Gasteiger partial charge is 0.169 e. The second kappa shape index (κ2) is 5.96. The highest BCUT2D eigenvalue weighted by Gasteiger charge is 2.29. The zero-order valence-corrected chi connectivity index (χ0v) is 12.0. The number of fused-ring (bicyclic) bond motifs is 1.